The van der Waals surface area contributed by atoms with E-state index >= 15 is 0 Å². The van der Waals surface area contributed by atoms with E-state index in [-0.39, 0.29) is 34.6 Å². The van der Waals surface area contributed by atoms with E-state index in [1.165, 1.54) is 19.2 Å². The van der Waals surface area contributed by atoms with Gasteiger partial charge in [0.05, 0.1) is 33.0 Å². The Bertz CT molecular complexity index is 1410. The van der Waals surface area contributed by atoms with Crippen molar-refractivity contribution >= 4 is 17.5 Å². The third-order valence-electron chi connectivity index (χ3n) is 7.52. The molecule has 0 unspecified atom stereocenters. The number of hydrogen-bond acceptors (Lipinski definition) is 15. The molecule has 2 heterocycles. The summed E-state index contributed by atoms with van der Waals surface area (Å²) in [6.45, 7) is -0.914. The van der Waals surface area contributed by atoms with Crippen LogP contribution < -0.4 is 9.47 Å². The van der Waals surface area contributed by atoms with Gasteiger partial charge in [0.25, 0.3) is 0 Å². The summed E-state index contributed by atoms with van der Waals surface area (Å²) in [6, 6.07) is 7.17. The van der Waals surface area contributed by atoms with E-state index in [9.17, 15) is 45.0 Å². The zero-order chi connectivity index (χ0) is 31.2. The molecule has 9 atom stereocenters. The van der Waals surface area contributed by atoms with Crippen LogP contribution in [0.25, 0.3) is 0 Å². The summed E-state index contributed by atoms with van der Waals surface area (Å²) in [5.41, 5.74) is -0.585. The van der Waals surface area contributed by atoms with Crippen LogP contribution in [0.1, 0.15) is 42.2 Å². The van der Waals surface area contributed by atoms with Gasteiger partial charge in [-0.2, -0.15) is 0 Å². The van der Waals surface area contributed by atoms with E-state index in [2.05, 4.69) is 0 Å². The maximum absolute atomic E-state index is 13.4. The lowest BCUT2D eigenvalue weighted by molar-refractivity contribution is -0.307. The number of fused-ring (bicyclic) bond motifs is 2. The molecule has 15 heteroatoms. The number of carbonyl (C=O) groups is 3. The Morgan fingerprint density at radius 3 is 2.16 bits per heavy atom. The molecule has 232 valence electrons. The molecule has 0 amide bonds. The Balaban J connectivity index is 1.47. The van der Waals surface area contributed by atoms with Crippen LogP contribution in [0.15, 0.2) is 30.3 Å². The van der Waals surface area contributed by atoms with Crippen molar-refractivity contribution in [1.29, 1.82) is 0 Å². The summed E-state index contributed by atoms with van der Waals surface area (Å²) >= 11 is 0. The maximum atomic E-state index is 13.4. The predicted molar refractivity (Wildman–Crippen MR) is 139 cm³/mol. The van der Waals surface area contributed by atoms with Crippen molar-refractivity contribution in [2.75, 3.05) is 27.4 Å². The van der Waals surface area contributed by atoms with Gasteiger partial charge in [-0.05, 0) is 6.07 Å². The number of ether oxygens (including phenoxy) is 6. The maximum Gasteiger partial charge on any atom is 0.345 e. The highest BCUT2D eigenvalue weighted by Crippen LogP contribution is 2.42. The minimum Gasteiger partial charge on any atom is -0.495 e. The quantitative estimate of drug-likeness (QED) is 0.158. The number of aliphatic hydroxyl groups excluding tert-OH is 6. The molecule has 2 aromatic rings. The Kier molecular flexibility index (Phi) is 8.80. The fourth-order valence-corrected chi connectivity index (χ4v) is 5.18. The number of ketones is 2. The van der Waals surface area contributed by atoms with Crippen LogP contribution in [0.4, 0.5) is 0 Å². The van der Waals surface area contributed by atoms with Crippen molar-refractivity contribution in [3.8, 4) is 11.5 Å². The van der Waals surface area contributed by atoms with Crippen LogP contribution in [0.5, 0.6) is 11.5 Å². The Labute approximate surface area is 243 Å². The van der Waals surface area contributed by atoms with Gasteiger partial charge in [-0.1, -0.05) is 24.3 Å². The lowest BCUT2D eigenvalue weighted by atomic mass is 9.82. The molecule has 0 bridgehead atoms. The van der Waals surface area contributed by atoms with Crippen molar-refractivity contribution in [3.05, 3.63) is 58.1 Å². The van der Waals surface area contributed by atoms with Crippen LogP contribution in [0, 0.1) is 0 Å². The standard InChI is InChI=1S/C28H30O15/c1-38-25-16-12(18(30)10-5-3-4-6-11(10)19(16)31)7-14(17(25)26(37)39-2)42-28-24(36)22(34)21(33)15(43-28)9-41-27-23(35)20(32)13(29)8-40-27/h3-7,13,15,20-24,27-29,32-36H,8-9H2,1-2H3/t13-,15-,20+,21-,22+,23-,24-,27+,28-/m1/s1. The summed E-state index contributed by atoms with van der Waals surface area (Å²) in [5.74, 6) is -2.92. The molecule has 2 aliphatic heterocycles. The molecule has 43 heavy (non-hydrogen) atoms. The van der Waals surface area contributed by atoms with Crippen LogP contribution in [-0.2, 0) is 18.9 Å². The normalized spacial score (nSPS) is 32.0. The number of hydrogen-bond donors (Lipinski definition) is 6. The number of rotatable bonds is 7. The summed E-state index contributed by atoms with van der Waals surface area (Å²) in [5, 5.41) is 61.4. The molecule has 2 saturated heterocycles. The van der Waals surface area contributed by atoms with Crippen LogP contribution >= 0.6 is 0 Å². The first-order valence-corrected chi connectivity index (χ1v) is 13.2. The molecule has 0 radical (unpaired) electrons. The fourth-order valence-electron chi connectivity index (χ4n) is 5.18. The van der Waals surface area contributed by atoms with Crippen LogP contribution in [0.2, 0.25) is 0 Å². The van der Waals surface area contributed by atoms with Crippen molar-refractivity contribution in [2.45, 2.75) is 55.3 Å². The third-order valence-corrected chi connectivity index (χ3v) is 7.52. The van der Waals surface area contributed by atoms with E-state index < -0.39 is 90.8 Å². The monoisotopic (exact) mass is 606 g/mol. The minimum absolute atomic E-state index is 0.0999. The zero-order valence-corrected chi connectivity index (χ0v) is 22.9. The molecule has 15 nitrogen and oxygen atoms in total. The number of esters is 1. The van der Waals surface area contributed by atoms with Crippen molar-refractivity contribution in [3.63, 3.8) is 0 Å². The van der Waals surface area contributed by atoms with Gasteiger partial charge in [-0.3, -0.25) is 9.59 Å². The molecule has 0 aromatic heterocycles. The van der Waals surface area contributed by atoms with Crippen LogP contribution in [-0.4, -0.2) is 131 Å². The zero-order valence-electron chi connectivity index (χ0n) is 22.9. The van der Waals surface area contributed by atoms with Gasteiger partial charge in [0.1, 0.15) is 59.8 Å². The predicted octanol–water partition coefficient (Wildman–Crippen LogP) is -2.10. The largest absolute Gasteiger partial charge is 0.495 e. The lowest BCUT2D eigenvalue weighted by Crippen LogP contribution is -2.61. The van der Waals surface area contributed by atoms with Crippen molar-refractivity contribution in [1.82, 2.24) is 0 Å². The average molecular weight is 607 g/mol. The summed E-state index contributed by atoms with van der Waals surface area (Å²) in [7, 11) is 2.23. The molecule has 6 N–H and O–H groups in total. The van der Waals surface area contributed by atoms with Crippen molar-refractivity contribution < 1.29 is 73.4 Å². The highest BCUT2D eigenvalue weighted by Gasteiger charge is 2.47. The van der Waals surface area contributed by atoms with Crippen LogP contribution in [0.3, 0.4) is 0 Å². The summed E-state index contributed by atoms with van der Waals surface area (Å²) < 4.78 is 32.3. The van der Waals surface area contributed by atoms with Gasteiger partial charge in [0, 0.05) is 16.7 Å². The molecule has 0 spiro atoms. The first-order valence-electron chi connectivity index (χ1n) is 13.2. The van der Waals surface area contributed by atoms with E-state index in [0.717, 1.165) is 13.2 Å². The fraction of sp³-hybridized carbons (Fsp3) is 0.464. The molecular formula is C28H30O15. The Hall–Kier alpha value is -3.51. The highest BCUT2D eigenvalue weighted by molar-refractivity contribution is 6.30. The van der Waals surface area contributed by atoms with Crippen molar-refractivity contribution in [2.24, 2.45) is 0 Å². The van der Waals surface area contributed by atoms with Gasteiger partial charge in [-0.25, -0.2) is 4.79 Å². The van der Waals surface area contributed by atoms with Gasteiger partial charge < -0.3 is 59.1 Å². The molecule has 2 aromatic carbocycles. The van der Waals surface area contributed by atoms with E-state index in [4.69, 9.17) is 28.4 Å². The average Bonchev–Trinajstić information content (AvgIpc) is 3.01. The first kappa shape index (κ1) is 30.9. The number of benzene rings is 2. The first-order chi connectivity index (χ1) is 20.5. The molecule has 3 aliphatic rings. The summed E-state index contributed by atoms with van der Waals surface area (Å²) in [4.78, 5) is 39.8. The minimum atomic E-state index is -1.90. The van der Waals surface area contributed by atoms with Gasteiger partial charge in [0.15, 0.2) is 17.9 Å². The van der Waals surface area contributed by atoms with E-state index in [0.29, 0.717) is 0 Å². The molecule has 5 rings (SSSR count). The second kappa shape index (κ2) is 12.2. The lowest BCUT2D eigenvalue weighted by Gasteiger charge is -2.41. The number of carbonyl (C=O) groups excluding carboxylic acids is 3. The molecule has 0 saturated carbocycles. The smallest absolute Gasteiger partial charge is 0.345 e. The SMILES string of the molecule is COC(=O)c1c(O[C@@H]2O[C@H](CO[C@@H]3OC[C@@H](O)[C@H](O)[C@H]3O)[C@@H](O)[C@H](O)[C@H]2O)cc2c(c1OC)C(=O)c1ccccc1C2=O. The Morgan fingerprint density at radius 2 is 1.51 bits per heavy atom. The van der Waals surface area contributed by atoms with Gasteiger partial charge in [-0.15, -0.1) is 0 Å². The number of methoxy groups -OCH3 is 2. The molecular weight excluding hydrogens is 576 g/mol. The van der Waals surface area contributed by atoms with Gasteiger partial charge >= 0.3 is 5.97 Å². The Morgan fingerprint density at radius 1 is 0.860 bits per heavy atom. The second-order valence-electron chi connectivity index (χ2n) is 10.1. The third kappa shape index (κ3) is 5.39. The highest BCUT2D eigenvalue weighted by atomic mass is 16.7. The topological polar surface area (TPSA) is 228 Å². The summed E-state index contributed by atoms with van der Waals surface area (Å²) in [6.07, 6.45) is -14.7. The number of aliphatic hydroxyl groups is 6. The second-order valence-corrected chi connectivity index (χ2v) is 10.1. The molecule has 2 fully saturated rings. The van der Waals surface area contributed by atoms with E-state index in [1.54, 1.807) is 12.1 Å². The van der Waals surface area contributed by atoms with E-state index in [1.807, 2.05) is 0 Å². The molecule has 1 aliphatic carbocycles. The van der Waals surface area contributed by atoms with Gasteiger partial charge in [0.2, 0.25) is 6.29 Å².